The maximum Gasteiger partial charge on any atom is 0.335 e. The average Bonchev–Trinajstić information content (AvgIpc) is 2.27. The average molecular weight is 256 g/mol. The van der Waals surface area contributed by atoms with Crippen LogP contribution in [0, 0.1) is 0 Å². The van der Waals surface area contributed by atoms with Crippen molar-refractivity contribution in [3.8, 4) is 0 Å². The minimum Gasteiger partial charge on any atom is -0.434 e. The van der Waals surface area contributed by atoms with Crippen molar-refractivity contribution in [1.29, 1.82) is 0 Å². The van der Waals surface area contributed by atoms with Crippen molar-refractivity contribution in [2.75, 3.05) is 6.61 Å². The Morgan fingerprint density at radius 3 is 2.47 bits per heavy atom. The van der Waals surface area contributed by atoms with Gasteiger partial charge in [-0.05, 0) is 19.3 Å². The molecule has 0 bridgehead atoms. The van der Waals surface area contributed by atoms with Crippen molar-refractivity contribution < 1.29 is 14.3 Å². The minimum atomic E-state index is -1.73. The van der Waals surface area contributed by atoms with Crippen LogP contribution in [0.25, 0.3) is 0 Å². The van der Waals surface area contributed by atoms with Crippen LogP contribution in [0.3, 0.4) is 0 Å². The molecule has 0 aromatic heterocycles. The minimum absolute atomic E-state index is 0.295. The summed E-state index contributed by atoms with van der Waals surface area (Å²) in [7, 11) is -1.73. The van der Waals surface area contributed by atoms with E-state index in [4.69, 9.17) is 9.47 Å². The van der Waals surface area contributed by atoms with E-state index in [0.717, 1.165) is 19.3 Å². The molecule has 98 valence electrons. The fourth-order valence-corrected chi connectivity index (χ4v) is 3.82. The smallest absolute Gasteiger partial charge is 0.335 e. The van der Waals surface area contributed by atoms with Crippen LogP contribution in [0.5, 0.6) is 0 Å². The Morgan fingerprint density at radius 2 is 2.06 bits per heavy atom. The predicted octanol–water partition coefficient (Wildman–Crippen LogP) is 3.27. The van der Waals surface area contributed by atoms with Gasteiger partial charge in [0.2, 0.25) is 0 Å². The molecule has 0 radical (unpaired) electrons. The second kappa shape index (κ2) is 5.36. The Hall–Kier alpha value is -0.613. The van der Waals surface area contributed by atoms with Gasteiger partial charge in [0, 0.05) is 12.0 Å². The SMILES string of the molecule is C=C(CC)C(=O)OC1([Si](C)(C)C)CCCCO1. The van der Waals surface area contributed by atoms with Crippen LogP contribution in [-0.2, 0) is 14.3 Å². The van der Waals surface area contributed by atoms with Gasteiger partial charge in [0.15, 0.2) is 5.41 Å². The van der Waals surface area contributed by atoms with E-state index < -0.39 is 13.5 Å². The molecule has 0 aromatic rings. The normalized spacial score (nSPS) is 25.4. The van der Waals surface area contributed by atoms with Crippen molar-refractivity contribution in [2.45, 2.75) is 57.7 Å². The van der Waals surface area contributed by atoms with Crippen LogP contribution in [0.2, 0.25) is 19.6 Å². The predicted molar refractivity (Wildman–Crippen MR) is 71.4 cm³/mol. The molecule has 0 saturated carbocycles. The summed E-state index contributed by atoms with van der Waals surface area (Å²) in [4.78, 5) is 11.9. The second-order valence-corrected chi connectivity index (χ2v) is 10.9. The molecule has 4 heteroatoms. The zero-order valence-electron chi connectivity index (χ0n) is 11.5. The molecule has 0 aliphatic carbocycles. The van der Waals surface area contributed by atoms with Crippen molar-refractivity contribution in [3.63, 3.8) is 0 Å². The Bertz CT molecular complexity index is 298. The maximum absolute atomic E-state index is 11.9. The number of esters is 1. The lowest BCUT2D eigenvalue weighted by Crippen LogP contribution is -2.58. The van der Waals surface area contributed by atoms with Gasteiger partial charge in [-0.15, -0.1) is 0 Å². The van der Waals surface area contributed by atoms with E-state index in [1.807, 2.05) is 6.92 Å². The fraction of sp³-hybridized carbons (Fsp3) is 0.769. The third-order valence-electron chi connectivity index (χ3n) is 3.35. The molecule has 3 nitrogen and oxygen atoms in total. The zero-order chi connectivity index (χ0) is 13.1. The summed E-state index contributed by atoms with van der Waals surface area (Å²) in [6.07, 6.45) is 3.57. The number of carbonyl (C=O) groups excluding carboxylic acids is 1. The van der Waals surface area contributed by atoms with Crippen LogP contribution in [-0.4, -0.2) is 26.1 Å². The highest BCUT2D eigenvalue weighted by molar-refractivity contribution is 6.78. The summed E-state index contributed by atoms with van der Waals surface area (Å²) >= 11 is 0. The Morgan fingerprint density at radius 1 is 1.41 bits per heavy atom. The van der Waals surface area contributed by atoms with Crippen LogP contribution >= 0.6 is 0 Å². The Labute approximate surface area is 105 Å². The first-order valence-corrected chi connectivity index (χ1v) is 9.87. The van der Waals surface area contributed by atoms with Gasteiger partial charge in [-0.3, -0.25) is 0 Å². The van der Waals surface area contributed by atoms with Gasteiger partial charge in [0.1, 0.15) is 8.07 Å². The number of carbonyl (C=O) groups is 1. The standard InChI is InChI=1S/C13H24O3Si/c1-6-11(2)12(14)16-13(17(3,4)5)9-7-8-10-15-13/h2,6-10H2,1,3-5H3. The third kappa shape index (κ3) is 3.19. The molecule has 1 aliphatic heterocycles. The summed E-state index contributed by atoms with van der Waals surface area (Å²) in [5.74, 6) is -0.295. The van der Waals surface area contributed by atoms with Gasteiger partial charge >= 0.3 is 5.97 Å². The summed E-state index contributed by atoms with van der Waals surface area (Å²) in [5, 5.41) is 0. The van der Waals surface area contributed by atoms with Crippen LogP contribution in [0.4, 0.5) is 0 Å². The van der Waals surface area contributed by atoms with Gasteiger partial charge in [0.05, 0.1) is 6.61 Å². The lowest BCUT2D eigenvalue weighted by Gasteiger charge is -2.44. The Kier molecular flexibility index (Phi) is 4.55. The molecule has 0 amide bonds. The number of ether oxygens (including phenoxy) is 2. The van der Waals surface area contributed by atoms with Crippen LogP contribution in [0.1, 0.15) is 32.6 Å². The summed E-state index contributed by atoms with van der Waals surface area (Å²) in [6.45, 7) is 12.9. The highest BCUT2D eigenvalue weighted by atomic mass is 28.3. The van der Waals surface area contributed by atoms with Crippen LogP contribution in [0.15, 0.2) is 12.2 Å². The molecule has 1 rings (SSSR count). The largest absolute Gasteiger partial charge is 0.434 e. The highest BCUT2D eigenvalue weighted by Gasteiger charge is 2.49. The Balaban J connectivity index is 2.85. The van der Waals surface area contributed by atoms with E-state index in [1.165, 1.54) is 0 Å². The van der Waals surface area contributed by atoms with Crippen molar-refractivity contribution in [2.24, 2.45) is 0 Å². The topological polar surface area (TPSA) is 35.5 Å². The van der Waals surface area contributed by atoms with Gasteiger partial charge in [-0.2, -0.15) is 0 Å². The first kappa shape index (κ1) is 14.4. The summed E-state index contributed by atoms with van der Waals surface area (Å²) in [5.41, 5.74) is -0.128. The van der Waals surface area contributed by atoms with Gasteiger partial charge in [-0.1, -0.05) is 33.1 Å². The zero-order valence-corrected chi connectivity index (χ0v) is 12.5. The number of hydrogen-bond acceptors (Lipinski definition) is 3. The molecule has 1 fully saturated rings. The molecule has 1 heterocycles. The van der Waals surface area contributed by atoms with E-state index >= 15 is 0 Å². The molecule has 0 aromatic carbocycles. The molecule has 0 N–H and O–H groups in total. The van der Waals surface area contributed by atoms with Gasteiger partial charge in [-0.25, -0.2) is 4.79 Å². The van der Waals surface area contributed by atoms with Gasteiger partial charge in [0.25, 0.3) is 0 Å². The maximum atomic E-state index is 11.9. The second-order valence-electron chi connectivity index (χ2n) is 5.66. The highest BCUT2D eigenvalue weighted by Crippen LogP contribution is 2.35. The lowest BCUT2D eigenvalue weighted by molar-refractivity contribution is -0.207. The molecule has 0 spiro atoms. The van der Waals surface area contributed by atoms with E-state index in [0.29, 0.717) is 18.6 Å². The molecular formula is C13H24O3Si. The van der Waals surface area contributed by atoms with Crippen molar-refractivity contribution >= 4 is 14.0 Å². The van der Waals surface area contributed by atoms with E-state index in [9.17, 15) is 4.79 Å². The molecular weight excluding hydrogens is 232 g/mol. The fourth-order valence-electron chi connectivity index (χ4n) is 1.96. The van der Waals surface area contributed by atoms with E-state index in [-0.39, 0.29) is 5.97 Å². The molecule has 1 saturated heterocycles. The summed E-state index contributed by atoms with van der Waals surface area (Å²) in [6, 6.07) is 0. The molecule has 1 unspecified atom stereocenters. The van der Waals surface area contributed by atoms with Crippen LogP contribution < -0.4 is 0 Å². The summed E-state index contributed by atoms with van der Waals surface area (Å²) < 4.78 is 11.6. The molecule has 17 heavy (non-hydrogen) atoms. The number of rotatable bonds is 4. The quantitative estimate of drug-likeness (QED) is 0.440. The molecule has 1 aliphatic rings. The van der Waals surface area contributed by atoms with E-state index in [2.05, 4.69) is 26.2 Å². The van der Waals surface area contributed by atoms with E-state index in [1.54, 1.807) is 0 Å². The van der Waals surface area contributed by atoms with Gasteiger partial charge < -0.3 is 9.47 Å². The van der Waals surface area contributed by atoms with Crippen molar-refractivity contribution in [3.05, 3.63) is 12.2 Å². The van der Waals surface area contributed by atoms with Crippen molar-refractivity contribution in [1.82, 2.24) is 0 Å². The lowest BCUT2D eigenvalue weighted by atomic mass is 10.2. The third-order valence-corrected chi connectivity index (χ3v) is 6.13. The first-order chi connectivity index (χ1) is 7.82. The monoisotopic (exact) mass is 256 g/mol. The first-order valence-electron chi connectivity index (χ1n) is 6.37. The number of hydrogen-bond donors (Lipinski definition) is 0. The molecule has 1 atom stereocenters.